The molecular weight excluding hydrogens is 985 g/mol. The van der Waals surface area contributed by atoms with Crippen molar-refractivity contribution in [3.63, 3.8) is 0 Å². The van der Waals surface area contributed by atoms with Crippen molar-refractivity contribution in [2.75, 3.05) is 31.1 Å². The first-order chi connectivity index (χ1) is 34.9. The van der Waals surface area contributed by atoms with Gasteiger partial charge < -0.3 is 76.1 Å². The minimum absolute atomic E-state index is 0.00622. The summed E-state index contributed by atoms with van der Waals surface area (Å²) in [5.41, 5.74) is 29.8. The van der Waals surface area contributed by atoms with Crippen LogP contribution >= 0.6 is 21.6 Å². The number of carbonyl (C=O) groups excluding carboxylic acids is 7. The summed E-state index contributed by atoms with van der Waals surface area (Å²) < 4.78 is 0. The lowest BCUT2D eigenvalue weighted by atomic mass is 10.0. The van der Waals surface area contributed by atoms with Crippen molar-refractivity contribution in [2.24, 2.45) is 38.7 Å². The van der Waals surface area contributed by atoms with Crippen LogP contribution in [0.5, 0.6) is 5.75 Å². The highest BCUT2D eigenvalue weighted by Gasteiger charge is 2.34. The lowest BCUT2D eigenvalue weighted by molar-refractivity contribution is -0.142. The Hall–Kier alpha value is -7.58. The fraction of sp³-hybridized carbons (Fsp3) is 0.404. The number of hydrogen-bond donors (Lipinski definition) is 14. The van der Waals surface area contributed by atoms with Crippen LogP contribution in [-0.2, 0) is 57.6 Å². The summed E-state index contributed by atoms with van der Waals surface area (Å²) in [7, 11) is 2.15. The number of nitrogens with one attached hydrogen (secondary N) is 7. The van der Waals surface area contributed by atoms with Crippen LogP contribution in [0, 0.1) is 0 Å². The van der Waals surface area contributed by atoms with Crippen LogP contribution in [0.2, 0.25) is 0 Å². The molecule has 3 aromatic rings. The van der Waals surface area contributed by atoms with E-state index in [2.05, 4.69) is 47.2 Å². The van der Waals surface area contributed by atoms with Crippen molar-refractivity contribution in [1.29, 1.82) is 0 Å². The van der Waals surface area contributed by atoms with Gasteiger partial charge in [-0.15, -0.1) is 0 Å². The molecule has 1 aliphatic rings. The maximum absolute atomic E-state index is 14.3. The second kappa shape index (κ2) is 30.3. The molecule has 0 bridgehead atoms. The second-order valence-corrected chi connectivity index (χ2v) is 19.4. The highest BCUT2D eigenvalue weighted by molar-refractivity contribution is 8.76. The molecule has 0 spiro atoms. The Bertz CT molecular complexity index is 2390. The van der Waals surface area contributed by atoms with Gasteiger partial charge in [0.05, 0.1) is 12.6 Å². The molecule has 394 valence electrons. The zero-order chi connectivity index (χ0) is 53.3. The van der Waals surface area contributed by atoms with E-state index in [4.69, 9.17) is 28.7 Å². The predicted octanol–water partition coefficient (Wildman–Crippen LogP) is -2.64. The third kappa shape index (κ3) is 21.4. The molecule has 0 aromatic heterocycles. The first-order valence-corrected chi connectivity index (χ1v) is 25.7. The number of benzene rings is 3. The average molecular weight is 1050 g/mol. The van der Waals surface area contributed by atoms with Gasteiger partial charge in [-0.2, -0.15) is 0 Å². The van der Waals surface area contributed by atoms with Crippen molar-refractivity contribution >= 4 is 80.8 Å². The summed E-state index contributed by atoms with van der Waals surface area (Å²) in [4.78, 5) is 117. The third-order valence-electron chi connectivity index (χ3n) is 11.0. The van der Waals surface area contributed by atoms with Gasteiger partial charge in [0.1, 0.15) is 42.0 Å². The number of nitrogens with zero attached hydrogens (tertiary/aromatic N) is 2. The number of phenols is 1. The van der Waals surface area contributed by atoms with Gasteiger partial charge in [0, 0.05) is 37.4 Å². The largest absolute Gasteiger partial charge is 0.508 e. The van der Waals surface area contributed by atoms with Crippen molar-refractivity contribution in [3.05, 3.63) is 102 Å². The van der Waals surface area contributed by atoms with Crippen LogP contribution in [0.4, 0.5) is 0 Å². The molecule has 0 unspecified atom stereocenters. The number of carbonyl (C=O) groups is 8. The summed E-state index contributed by atoms with van der Waals surface area (Å²) in [6.07, 6.45) is 0.324. The zero-order valence-corrected chi connectivity index (χ0v) is 41.5. The topological polar surface area (TPSA) is 416 Å². The number of carboxylic acid groups (broad SMARTS) is 1. The molecule has 1 aliphatic heterocycles. The van der Waals surface area contributed by atoms with Crippen LogP contribution in [0.1, 0.15) is 42.4 Å². The van der Waals surface area contributed by atoms with E-state index >= 15 is 0 Å². The van der Waals surface area contributed by atoms with Gasteiger partial charge in [-0.05, 0) is 60.9 Å². The minimum atomic E-state index is -1.37. The van der Waals surface area contributed by atoms with Crippen molar-refractivity contribution in [3.8, 4) is 5.75 Å². The van der Waals surface area contributed by atoms with Gasteiger partial charge in [0.25, 0.3) is 0 Å². The van der Waals surface area contributed by atoms with Gasteiger partial charge in [-0.25, -0.2) is 4.79 Å². The van der Waals surface area contributed by atoms with Gasteiger partial charge in [-0.3, -0.25) is 43.5 Å². The van der Waals surface area contributed by atoms with E-state index in [1.165, 1.54) is 12.1 Å². The van der Waals surface area contributed by atoms with Crippen LogP contribution in [0.25, 0.3) is 0 Å². The molecule has 7 atom stereocenters. The Balaban J connectivity index is 1.57. The van der Waals surface area contributed by atoms with Crippen LogP contribution in [0.15, 0.2) is 94.9 Å². The summed E-state index contributed by atoms with van der Waals surface area (Å²) >= 11 is 0. The molecule has 19 N–H and O–H groups in total. The molecule has 73 heavy (non-hydrogen) atoms. The maximum atomic E-state index is 14.3. The van der Waals surface area contributed by atoms with E-state index in [0.29, 0.717) is 16.7 Å². The third-order valence-corrected chi connectivity index (χ3v) is 13.4. The number of hydrogen-bond acceptors (Lipinski definition) is 14. The molecule has 0 radical (unpaired) electrons. The summed E-state index contributed by atoms with van der Waals surface area (Å²) in [6, 6.07) is 14.7. The van der Waals surface area contributed by atoms with Crippen molar-refractivity contribution < 1.29 is 48.6 Å². The van der Waals surface area contributed by atoms with Gasteiger partial charge in [0.15, 0.2) is 11.9 Å². The number of aliphatic carboxylic acids is 1. The normalized spacial score (nSPS) is 18.6. The first kappa shape index (κ1) is 58.0. The minimum Gasteiger partial charge on any atom is -0.508 e. The SMILES string of the molecule is NC(N)=NCCC[C@@H](NC(=O)[C@@H](CCCN=C(N)N)NC(=O)CNC(=O)[C@@H]1CSSC[C@H](NC(=O)[C@@H](N)Cc2ccc(O)cc2)C(=O)N[C@@H](Cc2ccccc2)C(=O)N[C@@H](Cc2ccccc2)C(=O)N1)C(=O)O. The maximum Gasteiger partial charge on any atom is 0.326 e. The Labute approximate surface area is 429 Å². The van der Waals surface area contributed by atoms with E-state index in [9.17, 15) is 48.6 Å². The molecule has 7 amide bonds. The van der Waals surface area contributed by atoms with E-state index in [-0.39, 0.29) is 87.2 Å². The molecule has 4 rings (SSSR count). The average Bonchev–Trinajstić information content (AvgIpc) is 3.35. The number of aliphatic imine (C=N–C) groups is 2. The van der Waals surface area contributed by atoms with Crippen molar-refractivity contribution in [2.45, 2.75) is 87.2 Å². The van der Waals surface area contributed by atoms with Crippen molar-refractivity contribution in [1.82, 2.24) is 37.2 Å². The van der Waals surface area contributed by atoms with Crippen LogP contribution < -0.4 is 65.9 Å². The van der Waals surface area contributed by atoms with E-state index < -0.39 is 96.2 Å². The number of guanidine groups is 2. The molecule has 24 nitrogen and oxygen atoms in total. The molecule has 0 aliphatic carbocycles. The first-order valence-electron chi connectivity index (χ1n) is 23.2. The fourth-order valence-corrected chi connectivity index (χ4v) is 9.46. The molecule has 1 fully saturated rings. The number of carboxylic acids is 1. The van der Waals surface area contributed by atoms with Gasteiger partial charge in [0.2, 0.25) is 41.4 Å². The van der Waals surface area contributed by atoms with E-state index in [0.717, 1.165) is 21.6 Å². The van der Waals surface area contributed by atoms with Crippen LogP contribution in [-0.4, -0.2) is 143 Å². The van der Waals surface area contributed by atoms with Crippen LogP contribution in [0.3, 0.4) is 0 Å². The Kier molecular flexibility index (Phi) is 24.1. The summed E-state index contributed by atoms with van der Waals surface area (Å²) in [5, 5.41) is 37.9. The number of rotatable bonds is 23. The monoisotopic (exact) mass is 1050 g/mol. The highest BCUT2D eigenvalue weighted by atomic mass is 33.1. The second-order valence-electron chi connectivity index (χ2n) is 16.8. The van der Waals surface area contributed by atoms with E-state index in [1.54, 1.807) is 72.8 Å². The summed E-state index contributed by atoms with van der Waals surface area (Å²) in [5.74, 6) is -7.38. The lowest BCUT2D eigenvalue weighted by Gasteiger charge is -2.28. The molecular formula is C47H64N14O10S2. The molecule has 1 saturated heterocycles. The molecule has 3 aromatic carbocycles. The number of nitrogens with two attached hydrogens (primary N) is 5. The number of aromatic hydroxyl groups is 1. The standard InChI is InChI=1S/C47H64N14O10S2/c48-31(21-29-15-17-30(62)18-16-29)39(64)60-37-26-73-72-25-36(61-43(68)35(23-28-11-5-2-6-12-28)58-42(67)34(59-44(37)69)22-27-9-3-1-4-10-27)40(65)55-24-38(63)56-32(13-7-19-53-46(49)50)41(66)57-33(45(70)71)14-8-20-54-47(51)52/h1-6,9-12,15-18,31-37,62H,7-8,13-14,19-26,48H2,(H,55,65)(H,56,63)(H,57,66)(H,58,67)(H,59,69)(H,60,64)(H,61,68)(H,70,71)(H4,49,50,53)(H4,51,52,54)/t31-,32+,33+,34-,35-,36-,37-/m0/s1. The quantitative estimate of drug-likeness (QED) is 0.0200. The molecule has 26 heteroatoms. The Morgan fingerprint density at radius 2 is 1.18 bits per heavy atom. The van der Waals surface area contributed by atoms with E-state index in [1.807, 2.05) is 0 Å². The fourth-order valence-electron chi connectivity index (χ4n) is 7.13. The van der Waals surface area contributed by atoms with Gasteiger partial charge in [-0.1, -0.05) is 94.4 Å². The lowest BCUT2D eigenvalue weighted by Crippen LogP contribution is -2.60. The molecule has 1 heterocycles. The Morgan fingerprint density at radius 1 is 0.658 bits per heavy atom. The number of phenolic OH excluding ortho intramolecular Hbond substituents is 1. The zero-order valence-electron chi connectivity index (χ0n) is 39.9. The molecule has 0 saturated carbocycles. The Morgan fingerprint density at radius 3 is 1.73 bits per heavy atom. The smallest absolute Gasteiger partial charge is 0.326 e. The van der Waals surface area contributed by atoms with Gasteiger partial charge >= 0.3 is 5.97 Å². The predicted molar refractivity (Wildman–Crippen MR) is 277 cm³/mol. The number of amides is 7. The summed E-state index contributed by atoms with van der Waals surface area (Å²) in [6.45, 7) is -0.528. The highest BCUT2D eigenvalue weighted by Crippen LogP contribution is 2.24.